The molecule has 0 bridgehead atoms. The molecule has 3 atom stereocenters. The summed E-state index contributed by atoms with van der Waals surface area (Å²) in [5.41, 5.74) is 0.874. The van der Waals surface area contributed by atoms with E-state index in [2.05, 4.69) is 0 Å². The Kier molecular flexibility index (Phi) is 5.12. The van der Waals surface area contributed by atoms with Crippen LogP contribution in [0.25, 0.3) is 0 Å². The molecular weight excluding hydrogens is 344 g/mol. The Morgan fingerprint density at radius 1 is 1.52 bits per heavy atom. The number of carboxylic acids is 1. The molecule has 7 nitrogen and oxygen atoms in total. The maximum absolute atomic E-state index is 12.1. The number of pyridine rings is 1. The molecule has 0 spiro atoms. The number of hydrogen-bond donors (Lipinski definition) is 3. The van der Waals surface area contributed by atoms with Crippen LogP contribution >= 0.6 is 11.8 Å². The minimum atomic E-state index is -1.10. The van der Waals surface area contributed by atoms with Crippen LogP contribution in [0.3, 0.4) is 0 Å². The fourth-order valence-corrected chi connectivity index (χ4v) is 4.60. The predicted molar refractivity (Wildman–Crippen MR) is 90.1 cm³/mol. The highest BCUT2D eigenvalue weighted by Crippen LogP contribution is 2.46. The fourth-order valence-electron chi connectivity index (χ4n) is 3.44. The van der Waals surface area contributed by atoms with Gasteiger partial charge in [-0.1, -0.05) is 0 Å². The molecule has 1 aromatic rings. The number of carbonyl (C=O) groups excluding carboxylic acids is 1. The van der Waals surface area contributed by atoms with Gasteiger partial charge in [-0.3, -0.25) is 4.79 Å². The van der Waals surface area contributed by atoms with Gasteiger partial charge in [0.2, 0.25) is 5.91 Å². The number of fused-ring (bicyclic) bond motifs is 1. The van der Waals surface area contributed by atoms with E-state index in [-0.39, 0.29) is 24.3 Å². The first kappa shape index (κ1) is 17.9. The van der Waals surface area contributed by atoms with E-state index >= 15 is 0 Å². The van der Waals surface area contributed by atoms with Crippen LogP contribution in [-0.4, -0.2) is 50.0 Å². The van der Waals surface area contributed by atoms with E-state index in [0.717, 1.165) is 5.56 Å². The maximum atomic E-state index is 12.1. The molecule has 0 aromatic carbocycles. The number of aliphatic hydroxyl groups is 2. The van der Waals surface area contributed by atoms with Crippen LogP contribution in [0, 0.1) is 5.92 Å². The van der Waals surface area contributed by atoms with E-state index in [1.165, 1.54) is 16.7 Å². The summed E-state index contributed by atoms with van der Waals surface area (Å²) in [6.07, 6.45) is 3.45. The Hall–Kier alpha value is -1.90. The van der Waals surface area contributed by atoms with Gasteiger partial charge in [-0.25, -0.2) is 9.36 Å². The average Bonchev–Trinajstić information content (AvgIpc) is 2.89. The zero-order chi connectivity index (χ0) is 18.1. The molecule has 0 radical (unpaired) electrons. The van der Waals surface area contributed by atoms with Crippen molar-refractivity contribution in [2.75, 3.05) is 5.75 Å². The van der Waals surface area contributed by atoms with E-state index < -0.39 is 18.0 Å². The van der Waals surface area contributed by atoms with Crippen LogP contribution in [0.2, 0.25) is 0 Å². The number of rotatable bonds is 7. The van der Waals surface area contributed by atoms with Crippen LogP contribution in [0.15, 0.2) is 35.1 Å². The Morgan fingerprint density at radius 2 is 2.28 bits per heavy atom. The van der Waals surface area contributed by atoms with E-state index in [0.29, 0.717) is 23.6 Å². The Morgan fingerprint density at radius 3 is 2.92 bits per heavy atom. The highest BCUT2D eigenvalue weighted by molar-refractivity contribution is 8.03. The Labute approximate surface area is 149 Å². The van der Waals surface area contributed by atoms with E-state index in [4.69, 9.17) is 5.11 Å². The normalized spacial score (nSPS) is 23.5. The number of nitrogens with zero attached hydrogens (tertiary/aromatic N) is 2. The van der Waals surface area contributed by atoms with Gasteiger partial charge >= 0.3 is 5.97 Å². The lowest BCUT2D eigenvalue weighted by molar-refractivity contribution is -0.692. The van der Waals surface area contributed by atoms with Crippen LogP contribution in [0.5, 0.6) is 0 Å². The third-order valence-electron chi connectivity index (χ3n) is 4.62. The molecule has 3 N–H and O–H groups in total. The average molecular weight is 365 g/mol. The first-order valence-electron chi connectivity index (χ1n) is 8.13. The zero-order valence-corrected chi connectivity index (χ0v) is 14.6. The summed E-state index contributed by atoms with van der Waals surface area (Å²) in [5, 5.41) is 28.4. The van der Waals surface area contributed by atoms with Crippen molar-refractivity contribution >= 4 is 23.6 Å². The summed E-state index contributed by atoms with van der Waals surface area (Å²) in [4.78, 5) is 25.7. The van der Waals surface area contributed by atoms with Crippen LogP contribution in [0.1, 0.15) is 18.9 Å². The largest absolute Gasteiger partial charge is 0.477 e. The number of aromatic nitrogens is 1. The number of thioether (sulfide) groups is 1. The SMILES string of the molecule is C[C@@H](O)[C@H]1C(=O)N2C(C(=O)O)=C(SCC[n+]3cccc(CO)c3)C[C@H]12. The Balaban J connectivity index is 1.67. The highest BCUT2D eigenvalue weighted by atomic mass is 32.2. The lowest BCUT2D eigenvalue weighted by Crippen LogP contribution is -2.61. The molecule has 1 amide bonds. The van der Waals surface area contributed by atoms with Crippen molar-refractivity contribution in [1.82, 2.24) is 4.90 Å². The molecule has 1 saturated heterocycles. The van der Waals surface area contributed by atoms with Crippen molar-refractivity contribution in [2.45, 2.75) is 38.6 Å². The van der Waals surface area contributed by atoms with Gasteiger partial charge in [0.25, 0.3) is 0 Å². The summed E-state index contributed by atoms with van der Waals surface area (Å²) in [5.74, 6) is -1.27. The molecule has 134 valence electrons. The van der Waals surface area contributed by atoms with Crippen LogP contribution in [0.4, 0.5) is 0 Å². The summed E-state index contributed by atoms with van der Waals surface area (Å²) < 4.78 is 1.94. The fraction of sp³-hybridized carbons (Fsp3) is 0.471. The second-order valence-electron chi connectivity index (χ2n) is 6.28. The molecule has 0 unspecified atom stereocenters. The number of β-lactam (4-membered cyclic amide) rings is 1. The van der Waals surface area contributed by atoms with Gasteiger partial charge in [0, 0.05) is 23.0 Å². The van der Waals surface area contributed by atoms with Gasteiger partial charge in [0.1, 0.15) is 5.70 Å². The van der Waals surface area contributed by atoms with Gasteiger partial charge in [-0.05, 0) is 13.0 Å². The van der Waals surface area contributed by atoms with E-state index in [1.54, 1.807) is 6.92 Å². The standard InChI is InChI=1S/C17H20N2O5S/c1-10(21)14-12-7-13(15(17(23)24)19(12)16(14)22)25-6-5-18-4-2-3-11(8-18)9-20/h2-4,8,10,12,14,20-21H,5-7,9H2,1H3/p+1/t10-,12-,14-/m1/s1. The molecule has 25 heavy (non-hydrogen) atoms. The molecule has 0 aliphatic carbocycles. The maximum Gasteiger partial charge on any atom is 0.353 e. The summed E-state index contributed by atoms with van der Waals surface area (Å²) in [6.45, 7) is 2.20. The van der Waals surface area contributed by atoms with Crippen molar-refractivity contribution in [1.29, 1.82) is 0 Å². The number of aliphatic hydroxyl groups excluding tert-OH is 2. The number of carboxylic acid groups (broad SMARTS) is 1. The van der Waals surface area contributed by atoms with Crippen molar-refractivity contribution in [3.63, 3.8) is 0 Å². The van der Waals surface area contributed by atoms with Crippen LogP contribution < -0.4 is 4.57 Å². The van der Waals surface area contributed by atoms with Crippen molar-refractivity contribution in [2.24, 2.45) is 5.92 Å². The van der Waals surface area contributed by atoms with E-state index in [9.17, 15) is 19.8 Å². The zero-order valence-electron chi connectivity index (χ0n) is 13.8. The van der Waals surface area contributed by atoms with Gasteiger partial charge in [0.05, 0.1) is 30.4 Å². The topological polar surface area (TPSA) is 102 Å². The lowest BCUT2D eigenvalue weighted by Gasteiger charge is -2.44. The number of aliphatic carboxylic acids is 1. The quantitative estimate of drug-likeness (QED) is 0.468. The smallest absolute Gasteiger partial charge is 0.353 e. The predicted octanol–water partition coefficient (Wildman–Crippen LogP) is 0.107. The van der Waals surface area contributed by atoms with Crippen LogP contribution in [-0.2, 0) is 22.7 Å². The third kappa shape index (κ3) is 3.29. The number of aryl methyl sites for hydroxylation is 1. The molecule has 0 saturated carbocycles. The van der Waals surface area contributed by atoms with Crippen molar-refractivity contribution in [3.05, 3.63) is 40.7 Å². The minimum Gasteiger partial charge on any atom is -0.477 e. The molecule has 1 aromatic heterocycles. The monoisotopic (exact) mass is 365 g/mol. The van der Waals surface area contributed by atoms with Gasteiger partial charge in [-0.2, -0.15) is 0 Å². The first-order valence-corrected chi connectivity index (χ1v) is 9.11. The molecule has 8 heteroatoms. The molecule has 2 aliphatic heterocycles. The minimum absolute atomic E-state index is 0.0260. The Bertz CT molecular complexity index is 734. The summed E-state index contributed by atoms with van der Waals surface area (Å²) in [6, 6.07) is 3.44. The van der Waals surface area contributed by atoms with Gasteiger partial charge < -0.3 is 20.2 Å². The van der Waals surface area contributed by atoms with Crippen molar-refractivity contribution < 1.29 is 29.5 Å². The third-order valence-corrected chi connectivity index (χ3v) is 5.71. The number of carbonyl (C=O) groups is 2. The second-order valence-corrected chi connectivity index (χ2v) is 7.47. The highest BCUT2D eigenvalue weighted by Gasteiger charge is 2.56. The van der Waals surface area contributed by atoms with E-state index in [1.807, 2.05) is 29.1 Å². The first-order chi connectivity index (χ1) is 11.9. The number of hydrogen-bond acceptors (Lipinski definition) is 5. The van der Waals surface area contributed by atoms with Crippen molar-refractivity contribution in [3.8, 4) is 0 Å². The molecule has 1 fully saturated rings. The molecule has 2 aliphatic rings. The molecule has 3 heterocycles. The second kappa shape index (κ2) is 7.15. The lowest BCUT2D eigenvalue weighted by atomic mass is 9.83. The van der Waals surface area contributed by atoms with Gasteiger partial charge in [-0.15, -0.1) is 11.8 Å². The molecule has 3 rings (SSSR count). The summed E-state index contributed by atoms with van der Waals surface area (Å²) in [7, 11) is 0. The van der Waals surface area contributed by atoms with Gasteiger partial charge in [0.15, 0.2) is 18.9 Å². The number of amides is 1. The molecular formula is C17H21N2O5S+. The summed E-state index contributed by atoms with van der Waals surface area (Å²) >= 11 is 1.43.